The van der Waals surface area contributed by atoms with E-state index in [1.165, 1.54) is 17.7 Å². The van der Waals surface area contributed by atoms with Gasteiger partial charge in [-0.3, -0.25) is 0 Å². The Morgan fingerprint density at radius 1 is 0.893 bits per heavy atom. The van der Waals surface area contributed by atoms with Crippen molar-refractivity contribution in [3.05, 3.63) is 107 Å². The Bertz CT molecular complexity index is 835. The lowest BCUT2D eigenvalue weighted by atomic mass is 10.0. The van der Waals surface area contributed by atoms with Gasteiger partial charge >= 0.3 is 0 Å². The van der Waals surface area contributed by atoms with E-state index in [1.807, 2.05) is 30.3 Å². The molecule has 3 rings (SSSR count). The van der Waals surface area contributed by atoms with Crippen LogP contribution in [0.5, 0.6) is 0 Å². The van der Waals surface area contributed by atoms with Crippen LogP contribution in [0.25, 0.3) is 0 Å². The lowest BCUT2D eigenvalue weighted by Crippen LogP contribution is -2.30. The van der Waals surface area contributed by atoms with Crippen molar-refractivity contribution < 1.29 is 14.2 Å². The summed E-state index contributed by atoms with van der Waals surface area (Å²) in [5, 5.41) is 13.5. The van der Waals surface area contributed by atoms with Gasteiger partial charge < -0.3 is 15.2 Å². The zero-order valence-corrected chi connectivity index (χ0v) is 16.0. The molecule has 3 aromatic rings. The number of benzene rings is 3. The van der Waals surface area contributed by atoms with Crippen LogP contribution >= 0.6 is 0 Å². The molecular weight excluding hydrogens is 353 g/mol. The second kappa shape index (κ2) is 10.1. The van der Waals surface area contributed by atoms with Gasteiger partial charge in [0.25, 0.3) is 0 Å². The van der Waals surface area contributed by atoms with Crippen molar-refractivity contribution in [2.75, 3.05) is 13.2 Å². The molecule has 0 radical (unpaired) electrons. The second-order valence-corrected chi connectivity index (χ2v) is 6.95. The predicted octanol–water partition coefficient (Wildman–Crippen LogP) is 4.39. The molecule has 0 aromatic heterocycles. The minimum absolute atomic E-state index is 0.212. The number of halogens is 1. The number of aliphatic hydroxyl groups excluding tert-OH is 1. The van der Waals surface area contributed by atoms with E-state index in [2.05, 4.69) is 36.5 Å². The van der Waals surface area contributed by atoms with E-state index in [0.29, 0.717) is 13.1 Å². The van der Waals surface area contributed by atoms with Crippen molar-refractivity contribution in [3.63, 3.8) is 0 Å². The maximum atomic E-state index is 12.9. The van der Waals surface area contributed by atoms with Crippen LogP contribution in [0.1, 0.15) is 28.4 Å². The second-order valence-electron chi connectivity index (χ2n) is 6.95. The zero-order valence-electron chi connectivity index (χ0n) is 16.0. The van der Waals surface area contributed by atoms with Crippen molar-refractivity contribution in [1.29, 1.82) is 0 Å². The largest absolute Gasteiger partial charge is 0.389 e. The molecule has 0 saturated heterocycles. The standard InChI is InChI=1S/C24H26FNO2/c1-18-7-11-21(12-8-18)24(20-5-3-2-4-6-20)28-17-23(27)16-26-15-19-9-13-22(25)14-10-19/h2-14,23-24,26-27H,15-17H2,1H3/t23-,24+/m0/s1. The average molecular weight is 379 g/mol. The predicted molar refractivity (Wildman–Crippen MR) is 110 cm³/mol. The molecule has 3 aromatic carbocycles. The Labute approximate surface area is 165 Å². The van der Waals surface area contributed by atoms with Crippen LogP contribution in [0.2, 0.25) is 0 Å². The van der Waals surface area contributed by atoms with Crippen molar-refractivity contribution in [2.24, 2.45) is 0 Å². The van der Waals surface area contributed by atoms with Crippen LogP contribution in [-0.4, -0.2) is 24.4 Å². The summed E-state index contributed by atoms with van der Waals surface area (Å²) in [6, 6.07) is 24.6. The number of ether oxygens (including phenoxy) is 1. The third-order valence-electron chi connectivity index (χ3n) is 4.56. The van der Waals surface area contributed by atoms with Gasteiger partial charge in [0.05, 0.1) is 12.7 Å². The summed E-state index contributed by atoms with van der Waals surface area (Å²) in [6.45, 7) is 3.23. The first-order valence-electron chi connectivity index (χ1n) is 9.48. The highest BCUT2D eigenvalue weighted by Crippen LogP contribution is 2.26. The van der Waals surface area contributed by atoms with Crippen LogP contribution in [0, 0.1) is 12.7 Å². The fourth-order valence-corrected chi connectivity index (χ4v) is 3.01. The van der Waals surface area contributed by atoms with Crippen molar-refractivity contribution >= 4 is 0 Å². The van der Waals surface area contributed by atoms with Crippen LogP contribution < -0.4 is 5.32 Å². The van der Waals surface area contributed by atoms with Crippen molar-refractivity contribution in [2.45, 2.75) is 25.7 Å². The molecule has 0 spiro atoms. The molecule has 0 saturated carbocycles. The first kappa shape index (κ1) is 20.2. The Morgan fingerprint density at radius 3 is 2.21 bits per heavy atom. The summed E-state index contributed by atoms with van der Waals surface area (Å²) < 4.78 is 19.0. The molecule has 0 aliphatic heterocycles. The molecule has 0 unspecified atom stereocenters. The van der Waals surface area contributed by atoms with Gasteiger partial charge in [-0.2, -0.15) is 0 Å². The molecule has 4 heteroatoms. The number of nitrogens with one attached hydrogen (secondary N) is 1. The third kappa shape index (κ3) is 5.99. The van der Waals surface area contributed by atoms with Gasteiger partial charge in [-0.05, 0) is 35.7 Å². The lowest BCUT2D eigenvalue weighted by Gasteiger charge is -2.21. The fourth-order valence-electron chi connectivity index (χ4n) is 3.01. The Balaban J connectivity index is 1.55. The van der Waals surface area contributed by atoms with Crippen molar-refractivity contribution in [1.82, 2.24) is 5.32 Å². The van der Waals surface area contributed by atoms with Gasteiger partial charge in [0.15, 0.2) is 0 Å². The summed E-state index contributed by atoms with van der Waals surface area (Å²) >= 11 is 0. The number of aryl methyl sites for hydroxylation is 1. The van der Waals surface area contributed by atoms with E-state index >= 15 is 0 Å². The van der Waals surface area contributed by atoms with Gasteiger partial charge in [-0.15, -0.1) is 0 Å². The highest BCUT2D eigenvalue weighted by molar-refractivity contribution is 5.31. The topological polar surface area (TPSA) is 41.5 Å². The minimum Gasteiger partial charge on any atom is -0.389 e. The average Bonchev–Trinajstić information content (AvgIpc) is 2.72. The highest BCUT2D eigenvalue weighted by Gasteiger charge is 2.16. The molecule has 0 fully saturated rings. The van der Waals surface area contributed by atoms with Gasteiger partial charge in [0.1, 0.15) is 11.9 Å². The molecule has 0 amide bonds. The normalized spacial score (nSPS) is 13.2. The van der Waals surface area contributed by atoms with E-state index in [9.17, 15) is 9.50 Å². The zero-order chi connectivity index (χ0) is 19.8. The summed E-state index contributed by atoms with van der Waals surface area (Å²) in [5.41, 5.74) is 4.28. The maximum absolute atomic E-state index is 12.9. The summed E-state index contributed by atoms with van der Waals surface area (Å²) in [7, 11) is 0. The van der Waals surface area contributed by atoms with Crippen molar-refractivity contribution in [3.8, 4) is 0 Å². The molecule has 2 atom stereocenters. The first-order valence-corrected chi connectivity index (χ1v) is 9.48. The fraction of sp³-hybridized carbons (Fsp3) is 0.250. The van der Waals surface area contributed by atoms with Gasteiger partial charge in [-0.25, -0.2) is 4.39 Å². The number of rotatable bonds is 9. The van der Waals surface area contributed by atoms with E-state index in [4.69, 9.17) is 4.74 Å². The molecule has 3 nitrogen and oxygen atoms in total. The number of hydrogen-bond acceptors (Lipinski definition) is 3. The number of hydrogen-bond donors (Lipinski definition) is 2. The molecule has 2 N–H and O–H groups in total. The number of aliphatic hydroxyl groups is 1. The quantitative estimate of drug-likeness (QED) is 0.579. The molecule has 0 bridgehead atoms. The van der Waals surface area contributed by atoms with E-state index in [1.54, 1.807) is 12.1 Å². The smallest absolute Gasteiger partial charge is 0.123 e. The summed E-state index contributed by atoms with van der Waals surface area (Å²) in [5.74, 6) is -0.250. The SMILES string of the molecule is Cc1ccc([C@H](OC[C@@H](O)CNCc2ccc(F)cc2)c2ccccc2)cc1. The lowest BCUT2D eigenvalue weighted by molar-refractivity contribution is 0.00649. The van der Waals surface area contributed by atoms with Crippen LogP contribution in [-0.2, 0) is 11.3 Å². The maximum Gasteiger partial charge on any atom is 0.123 e. The summed E-state index contributed by atoms with van der Waals surface area (Å²) in [6.07, 6.45) is -0.870. The van der Waals surface area contributed by atoms with Crippen LogP contribution in [0.3, 0.4) is 0 Å². The van der Waals surface area contributed by atoms with Crippen LogP contribution in [0.4, 0.5) is 4.39 Å². The highest BCUT2D eigenvalue weighted by atomic mass is 19.1. The van der Waals surface area contributed by atoms with Gasteiger partial charge in [-0.1, -0.05) is 72.3 Å². The van der Waals surface area contributed by atoms with E-state index in [-0.39, 0.29) is 18.5 Å². The Kier molecular flexibility index (Phi) is 7.31. The molecule has 0 aliphatic rings. The molecule has 28 heavy (non-hydrogen) atoms. The minimum atomic E-state index is -0.642. The van der Waals surface area contributed by atoms with Gasteiger partial charge in [0, 0.05) is 13.1 Å². The van der Waals surface area contributed by atoms with Crippen LogP contribution in [0.15, 0.2) is 78.9 Å². The van der Waals surface area contributed by atoms with E-state index < -0.39 is 6.10 Å². The molecule has 146 valence electrons. The Hall–Kier alpha value is -2.53. The van der Waals surface area contributed by atoms with E-state index in [0.717, 1.165) is 16.7 Å². The molecule has 0 aliphatic carbocycles. The van der Waals surface area contributed by atoms with Gasteiger partial charge in [0.2, 0.25) is 0 Å². The Morgan fingerprint density at radius 2 is 1.54 bits per heavy atom. The third-order valence-corrected chi connectivity index (χ3v) is 4.56. The first-order chi connectivity index (χ1) is 13.6. The monoisotopic (exact) mass is 379 g/mol. The summed E-state index contributed by atoms with van der Waals surface area (Å²) in [4.78, 5) is 0. The molecule has 0 heterocycles. The molecular formula is C24H26FNO2.